The number of carbonyl (C=O) groups is 2. The molecule has 0 heterocycles. The molecule has 0 amide bonds. The van der Waals surface area contributed by atoms with Crippen LogP contribution in [0.2, 0.25) is 0 Å². The van der Waals surface area contributed by atoms with Gasteiger partial charge >= 0.3 is 12.1 Å². The van der Waals surface area contributed by atoms with Crippen molar-refractivity contribution in [3.8, 4) is 11.5 Å². The molecule has 1 fully saturated rings. The fourth-order valence-corrected chi connectivity index (χ4v) is 2.00. The van der Waals surface area contributed by atoms with E-state index in [0.29, 0.717) is 5.56 Å². The average molecular weight is 353 g/mol. The minimum absolute atomic E-state index is 0.0623. The SMILES string of the molecule is C[C@H](OC(=O)OC1CC1)[C@H](C)OC(=O)[C@@H](N)Cc1ccc(O)c(O)c1. The molecular formula is C17H23NO7. The molecule has 1 aliphatic rings. The highest BCUT2D eigenvalue weighted by Crippen LogP contribution is 2.26. The monoisotopic (exact) mass is 353 g/mol. The summed E-state index contributed by atoms with van der Waals surface area (Å²) in [5.74, 6) is -1.20. The largest absolute Gasteiger partial charge is 0.508 e. The number of aromatic hydroxyl groups is 2. The lowest BCUT2D eigenvalue weighted by Crippen LogP contribution is -2.39. The molecule has 25 heavy (non-hydrogen) atoms. The molecule has 8 heteroatoms. The maximum absolute atomic E-state index is 12.1. The van der Waals surface area contributed by atoms with Gasteiger partial charge in [-0.25, -0.2) is 4.79 Å². The molecule has 0 unspecified atom stereocenters. The van der Waals surface area contributed by atoms with Gasteiger partial charge in [0.1, 0.15) is 24.4 Å². The standard InChI is InChI=1S/C17H23NO7/c1-9(10(2)24-17(22)25-12-4-5-12)23-16(21)13(18)7-11-3-6-14(19)15(20)8-11/h3,6,8-10,12-13,19-20H,4-5,7,18H2,1-2H3/t9-,10-,13-/m0/s1. The highest BCUT2D eigenvalue weighted by atomic mass is 16.7. The first-order chi connectivity index (χ1) is 11.8. The van der Waals surface area contributed by atoms with Crippen molar-refractivity contribution in [2.45, 2.75) is 57.5 Å². The van der Waals surface area contributed by atoms with Gasteiger partial charge in [-0.05, 0) is 50.8 Å². The van der Waals surface area contributed by atoms with Gasteiger partial charge in [0.15, 0.2) is 11.5 Å². The molecule has 1 saturated carbocycles. The summed E-state index contributed by atoms with van der Waals surface area (Å²) in [5.41, 5.74) is 6.38. The number of phenols is 2. The van der Waals surface area contributed by atoms with Gasteiger partial charge in [-0.1, -0.05) is 6.07 Å². The molecule has 138 valence electrons. The zero-order chi connectivity index (χ0) is 18.6. The Balaban J connectivity index is 1.79. The number of nitrogens with two attached hydrogens (primary N) is 1. The average Bonchev–Trinajstić information content (AvgIpc) is 3.34. The van der Waals surface area contributed by atoms with Crippen LogP contribution >= 0.6 is 0 Å². The molecule has 1 aliphatic carbocycles. The number of esters is 1. The summed E-state index contributed by atoms with van der Waals surface area (Å²) in [4.78, 5) is 23.5. The quantitative estimate of drug-likeness (QED) is 0.498. The van der Waals surface area contributed by atoms with E-state index in [-0.39, 0.29) is 24.0 Å². The summed E-state index contributed by atoms with van der Waals surface area (Å²) in [6.45, 7) is 3.18. The maximum Gasteiger partial charge on any atom is 0.508 e. The zero-order valence-electron chi connectivity index (χ0n) is 14.2. The molecule has 0 bridgehead atoms. The van der Waals surface area contributed by atoms with Gasteiger partial charge < -0.3 is 30.2 Å². The number of hydrogen-bond donors (Lipinski definition) is 3. The van der Waals surface area contributed by atoms with E-state index < -0.39 is 30.4 Å². The predicted octanol–water partition coefficient (Wildman–Crippen LogP) is 1.60. The third-order valence-corrected chi connectivity index (χ3v) is 3.83. The van der Waals surface area contributed by atoms with E-state index in [0.717, 1.165) is 12.8 Å². The number of benzene rings is 1. The highest BCUT2D eigenvalue weighted by Gasteiger charge is 2.29. The second kappa shape index (κ2) is 8.06. The molecule has 1 aromatic carbocycles. The lowest BCUT2D eigenvalue weighted by atomic mass is 10.1. The van der Waals surface area contributed by atoms with Crippen molar-refractivity contribution in [3.05, 3.63) is 23.8 Å². The van der Waals surface area contributed by atoms with Crippen LogP contribution in [0.15, 0.2) is 18.2 Å². The van der Waals surface area contributed by atoms with E-state index in [2.05, 4.69) is 0 Å². The second-order valence-electron chi connectivity index (χ2n) is 6.17. The fraction of sp³-hybridized carbons (Fsp3) is 0.529. The minimum atomic E-state index is -0.961. The van der Waals surface area contributed by atoms with Gasteiger partial charge in [0, 0.05) is 0 Å². The van der Waals surface area contributed by atoms with E-state index in [1.54, 1.807) is 19.9 Å². The summed E-state index contributed by atoms with van der Waals surface area (Å²) in [6.07, 6.45) is -0.405. The first-order valence-corrected chi connectivity index (χ1v) is 8.10. The van der Waals surface area contributed by atoms with Crippen molar-refractivity contribution in [1.82, 2.24) is 0 Å². The minimum Gasteiger partial charge on any atom is -0.504 e. The molecule has 1 aromatic rings. The Morgan fingerprint density at radius 3 is 2.40 bits per heavy atom. The maximum atomic E-state index is 12.1. The summed E-state index contributed by atoms with van der Waals surface area (Å²) in [6, 6.07) is 3.22. The van der Waals surface area contributed by atoms with Gasteiger partial charge in [0.05, 0.1) is 0 Å². The Hall–Kier alpha value is -2.48. The number of phenolic OH excluding ortho intramolecular Hbond substituents is 2. The Kier molecular flexibility index (Phi) is 6.08. The van der Waals surface area contributed by atoms with Crippen LogP contribution in [0.25, 0.3) is 0 Å². The Morgan fingerprint density at radius 1 is 1.16 bits per heavy atom. The molecule has 0 aliphatic heterocycles. The fourth-order valence-electron chi connectivity index (χ4n) is 2.00. The van der Waals surface area contributed by atoms with Crippen LogP contribution in [0.3, 0.4) is 0 Å². The third kappa shape index (κ3) is 5.82. The van der Waals surface area contributed by atoms with Crippen molar-refractivity contribution in [3.63, 3.8) is 0 Å². The van der Waals surface area contributed by atoms with E-state index in [1.165, 1.54) is 12.1 Å². The van der Waals surface area contributed by atoms with Gasteiger partial charge in [0.25, 0.3) is 0 Å². The normalized spacial score (nSPS) is 17.2. The molecule has 0 radical (unpaired) electrons. The molecule has 0 spiro atoms. The number of rotatable bonds is 7. The van der Waals surface area contributed by atoms with Gasteiger partial charge in [-0.2, -0.15) is 0 Å². The Bertz CT molecular complexity index is 629. The number of hydrogen-bond acceptors (Lipinski definition) is 8. The van der Waals surface area contributed by atoms with Crippen molar-refractivity contribution >= 4 is 12.1 Å². The van der Waals surface area contributed by atoms with E-state index in [1.807, 2.05) is 0 Å². The van der Waals surface area contributed by atoms with Crippen molar-refractivity contribution < 1.29 is 34.0 Å². The second-order valence-corrected chi connectivity index (χ2v) is 6.17. The highest BCUT2D eigenvalue weighted by molar-refractivity contribution is 5.76. The van der Waals surface area contributed by atoms with Crippen molar-refractivity contribution in [2.24, 2.45) is 5.73 Å². The van der Waals surface area contributed by atoms with Crippen LogP contribution in [-0.4, -0.2) is 46.7 Å². The first-order valence-electron chi connectivity index (χ1n) is 8.10. The summed E-state index contributed by atoms with van der Waals surface area (Å²) in [5, 5.41) is 18.7. The molecule has 4 N–H and O–H groups in total. The smallest absolute Gasteiger partial charge is 0.504 e. The third-order valence-electron chi connectivity index (χ3n) is 3.83. The van der Waals surface area contributed by atoms with Gasteiger partial charge in [0.2, 0.25) is 0 Å². The molecule has 8 nitrogen and oxygen atoms in total. The van der Waals surface area contributed by atoms with Gasteiger partial charge in [-0.15, -0.1) is 0 Å². The number of carbonyl (C=O) groups excluding carboxylic acids is 2. The van der Waals surface area contributed by atoms with Crippen LogP contribution in [0.5, 0.6) is 11.5 Å². The molecular weight excluding hydrogens is 330 g/mol. The van der Waals surface area contributed by atoms with Crippen LogP contribution in [-0.2, 0) is 25.4 Å². The van der Waals surface area contributed by atoms with E-state index >= 15 is 0 Å². The molecule has 0 aromatic heterocycles. The van der Waals surface area contributed by atoms with E-state index in [9.17, 15) is 19.8 Å². The lowest BCUT2D eigenvalue weighted by molar-refractivity contribution is -0.155. The van der Waals surface area contributed by atoms with Crippen molar-refractivity contribution in [2.75, 3.05) is 0 Å². The summed E-state index contributed by atoms with van der Waals surface area (Å²) in [7, 11) is 0. The van der Waals surface area contributed by atoms with Crippen LogP contribution < -0.4 is 5.73 Å². The number of ether oxygens (including phenoxy) is 3. The van der Waals surface area contributed by atoms with Crippen molar-refractivity contribution in [1.29, 1.82) is 0 Å². The summed E-state index contributed by atoms with van der Waals surface area (Å²) < 4.78 is 15.2. The Morgan fingerprint density at radius 2 is 1.80 bits per heavy atom. The first kappa shape index (κ1) is 18.9. The predicted molar refractivity (Wildman–Crippen MR) is 87.1 cm³/mol. The Labute approximate surface area is 145 Å². The molecule has 3 atom stereocenters. The summed E-state index contributed by atoms with van der Waals surface area (Å²) >= 11 is 0. The van der Waals surface area contributed by atoms with E-state index in [4.69, 9.17) is 19.9 Å². The molecule has 2 rings (SSSR count). The zero-order valence-corrected chi connectivity index (χ0v) is 14.2. The van der Waals surface area contributed by atoms with Crippen LogP contribution in [0, 0.1) is 0 Å². The lowest BCUT2D eigenvalue weighted by Gasteiger charge is -2.22. The molecule has 0 saturated heterocycles. The van der Waals surface area contributed by atoms with Gasteiger partial charge in [-0.3, -0.25) is 4.79 Å². The topological polar surface area (TPSA) is 128 Å². The van der Waals surface area contributed by atoms with Crippen LogP contribution in [0.4, 0.5) is 4.79 Å². The van der Waals surface area contributed by atoms with Crippen LogP contribution in [0.1, 0.15) is 32.3 Å².